The number of aromatic carboxylic acids is 1. The first-order valence-corrected chi connectivity index (χ1v) is 6.86. The lowest BCUT2D eigenvalue weighted by Crippen LogP contribution is -2.16. The summed E-state index contributed by atoms with van der Waals surface area (Å²) in [6, 6.07) is 7.23. The van der Waals surface area contributed by atoms with Gasteiger partial charge in [0.15, 0.2) is 11.5 Å². The van der Waals surface area contributed by atoms with E-state index in [1.807, 2.05) is 32.0 Å². The third kappa shape index (κ3) is 3.52. The van der Waals surface area contributed by atoms with Crippen LogP contribution in [-0.4, -0.2) is 35.1 Å². The summed E-state index contributed by atoms with van der Waals surface area (Å²) in [7, 11) is 3.59. The van der Waals surface area contributed by atoms with Gasteiger partial charge in [-0.2, -0.15) is 0 Å². The number of benzene rings is 1. The van der Waals surface area contributed by atoms with Gasteiger partial charge in [0.1, 0.15) is 18.2 Å². The molecule has 0 bridgehead atoms. The van der Waals surface area contributed by atoms with Crippen molar-refractivity contribution in [2.24, 2.45) is 0 Å². The summed E-state index contributed by atoms with van der Waals surface area (Å²) in [4.78, 5) is 21.2. The van der Waals surface area contributed by atoms with E-state index >= 15 is 0 Å². The van der Waals surface area contributed by atoms with Crippen LogP contribution in [0.25, 0.3) is 0 Å². The minimum absolute atomic E-state index is 0.0433. The van der Waals surface area contributed by atoms with Gasteiger partial charge in [-0.3, -0.25) is 0 Å². The van der Waals surface area contributed by atoms with E-state index in [1.54, 1.807) is 19.0 Å². The molecular weight excluding hydrogens is 282 g/mol. The Kier molecular flexibility index (Phi) is 4.60. The molecule has 6 heteroatoms. The number of carboxylic acids is 1. The fourth-order valence-electron chi connectivity index (χ4n) is 1.91. The predicted molar refractivity (Wildman–Crippen MR) is 83.6 cm³/mol. The number of aryl methyl sites for hydroxylation is 1. The van der Waals surface area contributed by atoms with Crippen molar-refractivity contribution in [1.29, 1.82) is 0 Å². The average molecular weight is 301 g/mol. The highest BCUT2D eigenvalue weighted by Gasteiger charge is 2.12. The standard InChI is InChI=1S/C16H19N3O3/c1-10-6-5-7-13(11(10)2)22-9-14-17-12(16(20)21)8-15(18-14)19(3)4/h5-8H,9H2,1-4H3,(H,20,21). The SMILES string of the molecule is Cc1cccc(OCc2nc(C(=O)O)cc(N(C)C)n2)c1C. The summed E-state index contributed by atoms with van der Waals surface area (Å²) >= 11 is 0. The summed E-state index contributed by atoms with van der Waals surface area (Å²) in [6.07, 6.45) is 0. The van der Waals surface area contributed by atoms with Crippen LogP contribution in [0.15, 0.2) is 24.3 Å². The maximum Gasteiger partial charge on any atom is 0.354 e. The Morgan fingerprint density at radius 2 is 2.00 bits per heavy atom. The first kappa shape index (κ1) is 15.8. The van der Waals surface area contributed by atoms with Gasteiger partial charge in [0.25, 0.3) is 0 Å². The number of nitrogens with zero attached hydrogens (tertiary/aromatic N) is 3. The highest BCUT2D eigenvalue weighted by atomic mass is 16.5. The van der Waals surface area contributed by atoms with Gasteiger partial charge in [0, 0.05) is 20.2 Å². The zero-order valence-corrected chi connectivity index (χ0v) is 13.1. The average Bonchev–Trinajstić information content (AvgIpc) is 2.48. The second kappa shape index (κ2) is 6.43. The normalized spacial score (nSPS) is 10.4. The first-order valence-electron chi connectivity index (χ1n) is 6.86. The zero-order chi connectivity index (χ0) is 16.3. The number of aromatic nitrogens is 2. The number of rotatable bonds is 5. The van der Waals surface area contributed by atoms with Crippen LogP contribution >= 0.6 is 0 Å². The van der Waals surface area contributed by atoms with Crippen molar-refractivity contribution in [3.8, 4) is 5.75 Å². The monoisotopic (exact) mass is 301 g/mol. The molecule has 0 saturated heterocycles. The van der Waals surface area contributed by atoms with Crippen LogP contribution in [-0.2, 0) is 6.61 Å². The molecule has 0 aliphatic carbocycles. The topological polar surface area (TPSA) is 75.6 Å². The molecule has 1 N–H and O–H groups in total. The molecule has 22 heavy (non-hydrogen) atoms. The second-order valence-electron chi connectivity index (χ2n) is 5.21. The highest BCUT2D eigenvalue weighted by molar-refractivity contribution is 5.86. The summed E-state index contributed by atoms with van der Waals surface area (Å²) in [5.41, 5.74) is 2.13. The van der Waals surface area contributed by atoms with Gasteiger partial charge in [0.2, 0.25) is 0 Å². The quantitative estimate of drug-likeness (QED) is 0.914. The summed E-state index contributed by atoms with van der Waals surface area (Å²) < 4.78 is 5.74. The predicted octanol–water partition coefficient (Wildman–Crippen LogP) is 2.44. The van der Waals surface area contributed by atoms with Crippen LogP contribution in [0.3, 0.4) is 0 Å². The van der Waals surface area contributed by atoms with Crippen molar-refractivity contribution in [1.82, 2.24) is 9.97 Å². The van der Waals surface area contributed by atoms with Crippen LogP contribution in [0.5, 0.6) is 5.75 Å². The molecule has 0 spiro atoms. The van der Waals surface area contributed by atoms with Crippen molar-refractivity contribution >= 4 is 11.8 Å². The first-order chi connectivity index (χ1) is 10.4. The van der Waals surface area contributed by atoms with E-state index in [4.69, 9.17) is 9.84 Å². The minimum Gasteiger partial charge on any atom is -0.485 e. The number of carbonyl (C=O) groups is 1. The maximum absolute atomic E-state index is 11.2. The number of ether oxygens (including phenoxy) is 1. The number of carboxylic acid groups (broad SMARTS) is 1. The smallest absolute Gasteiger partial charge is 0.354 e. The van der Waals surface area contributed by atoms with Crippen molar-refractivity contribution in [2.45, 2.75) is 20.5 Å². The zero-order valence-electron chi connectivity index (χ0n) is 13.1. The van der Waals surface area contributed by atoms with Crippen LogP contribution in [0.4, 0.5) is 5.82 Å². The van der Waals surface area contributed by atoms with E-state index in [9.17, 15) is 4.79 Å². The Balaban J connectivity index is 2.25. The van der Waals surface area contributed by atoms with Crippen molar-refractivity contribution < 1.29 is 14.6 Å². The molecule has 2 rings (SSSR count). The van der Waals surface area contributed by atoms with Gasteiger partial charge in [-0.05, 0) is 31.0 Å². The maximum atomic E-state index is 11.2. The second-order valence-corrected chi connectivity index (χ2v) is 5.21. The minimum atomic E-state index is -1.08. The molecule has 0 fully saturated rings. The Bertz CT molecular complexity index is 699. The van der Waals surface area contributed by atoms with Gasteiger partial charge < -0.3 is 14.7 Å². The Labute approximate surface area is 129 Å². The van der Waals surface area contributed by atoms with Gasteiger partial charge in [-0.25, -0.2) is 14.8 Å². The molecule has 0 amide bonds. The van der Waals surface area contributed by atoms with Gasteiger partial charge >= 0.3 is 5.97 Å². The van der Waals surface area contributed by atoms with Crippen LogP contribution in [0.2, 0.25) is 0 Å². The molecule has 0 aliphatic rings. The molecule has 0 radical (unpaired) electrons. The number of anilines is 1. The van der Waals surface area contributed by atoms with Gasteiger partial charge in [0.05, 0.1) is 0 Å². The lowest BCUT2D eigenvalue weighted by Gasteiger charge is -2.14. The highest BCUT2D eigenvalue weighted by Crippen LogP contribution is 2.21. The fraction of sp³-hybridized carbons (Fsp3) is 0.312. The molecule has 116 valence electrons. The van der Waals surface area contributed by atoms with E-state index in [0.29, 0.717) is 11.6 Å². The van der Waals surface area contributed by atoms with Gasteiger partial charge in [-0.15, -0.1) is 0 Å². The van der Waals surface area contributed by atoms with Crippen LogP contribution in [0.1, 0.15) is 27.4 Å². The third-order valence-corrected chi connectivity index (χ3v) is 3.35. The Morgan fingerprint density at radius 1 is 1.27 bits per heavy atom. The number of hydrogen-bond acceptors (Lipinski definition) is 5. The van der Waals surface area contributed by atoms with Crippen molar-refractivity contribution in [2.75, 3.05) is 19.0 Å². The van der Waals surface area contributed by atoms with Gasteiger partial charge in [-0.1, -0.05) is 12.1 Å². The van der Waals surface area contributed by atoms with Crippen LogP contribution in [0, 0.1) is 13.8 Å². The molecule has 2 aromatic rings. The molecule has 1 heterocycles. The molecular formula is C16H19N3O3. The third-order valence-electron chi connectivity index (χ3n) is 3.35. The molecule has 0 aliphatic heterocycles. The Morgan fingerprint density at radius 3 is 2.64 bits per heavy atom. The largest absolute Gasteiger partial charge is 0.485 e. The van der Waals surface area contributed by atoms with Crippen molar-refractivity contribution in [3.05, 3.63) is 46.9 Å². The summed E-state index contributed by atoms with van der Waals surface area (Å²) in [5.74, 6) is 0.533. The molecule has 1 aromatic heterocycles. The molecule has 0 saturated carbocycles. The molecule has 1 aromatic carbocycles. The van der Waals surface area contributed by atoms with E-state index in [-0.39, 0.29) is 12.3 Å². The van der Waals surface area contributed by atoms with E-state index in [1.165, 1.54) is 6.07 Å². The lowest BCUT2D eigenvalue weighted by atomic mass is 10.1. The fourth-order valence-corrected chi connectivity index (χ4v) is 1.91. The van der Waals surface area contributed by atoms with Crippen molar-refractivity contribution in [3.63, 3.8) is 0 Å². The van der Waals surface area contributed by atoms with E-state index in [0.717, 1.165) is 16.9 Å². The molecule has 6 nitrogen and oxygen atoms in total. The lowest BCUT2D eigenvalue weighted by molar-refractivity contribution is 0.0689. The van der Waals surface area contributed by atoms with Crippen LogP contribution < -0.4 is 9.64 Å². The summed E-state index contributed by atoms with van der Waals surface area (Å²) in [6.45, 7) is 4.10. The van der Waals surface area contributed by atoms with E-state index in [2.05, 4.69) is 9.97 Å². The molecule has 0 unspecified atom stereocenters. The Hall–Kier alpha value is -2.63. The molecule has 0 atom stereocenters. The van der Waals surface area contributed by atoms with E-state index < -0.39 is 5.97 Å². The summed E-state index contributed by atoms with van der Waals surface area (Å²) in [5, 5.41) is 9.13. The number of hydrogen-bond donors (Lipinski definition) is 1.